The van der Waals surface area contributed by atoms with Crippen molar-refractivity contribution in [2.24, 2.45) is 0 Å². The van der Waals surface area contributed by atoms with Crippen LogP contribution in [-0.2, 0) is 0 Å². The van der Waals surface area contributed by atoms with Crippen LogP contribution in [0, 0.1) is 0 Å². The van der Waals surface area contributed by atoms with Gasteiger partial charge in [0.15, 0.2) is 23.0 Å². The highest BCUT2D eigenvalue weighted by molar-refractivity contribution is 5.51. The van der Waals surface area contributed by atoms with Gasteiger partial charge in [0.25, 0.3) is 0 Å². The van der Waals surface area contributed by atoms with Crippen molar-refractivity contribution in [3.8, 4) is 23.0 Å². The van der Waals surface area contributed by atoms with Crippen molar-refractivity contribution in [3.63, 3.8) is 0 Å². The molecule has 134 valence electrons. The van der Waals surface area contributed by atoms with E-state index in [0.717, 1.165) is 28.4 Å². The second-order valence-corrected chi connectivity index (χ2v) is 5.46. The fourth-order valence-electron chi connectivity index (χ4n) is 2.81. The van der Waals surface area contributed by atoms with Gasteiger partial charge in [0.1, 0.15) is 0 Å². The SMILES string of the molecule is CC=CC(c1ccc(OC)c(OC)c1)c1ccc(OC)c(OCC)c1. The summed E-state index contributed by atoms with van der Waals surface area (Å²) in [6.07, 6.45) is 4.20. The van der Waals surface area contributed by atoms with Gasteiger partial charge in [0.05, 0.1) is 27.9 Å². The van der Waals surface area contributed by atoms with Crippen LogP contribution >= 0.6 is 0 Å². The average molecular weight is 342 g/mol. The molecule has 1 unspecified atom stereocenters. The summed E-state index contributed by atoms with van der Waals surface area (Å²) in [5.74, 6) is 2.99. The Morgan fingerprint density at radius 3 is 1.80 bits per heavy atom. The van der Waals surface area contributed by atoms with Crippen molar-refractivity contribution >= 4 is 0 Å². The van der Waals surface area contributed by atoms with Crippen LogP contribution in [0.4, 0.5) is 0 Å². The Morgan fingerprint density at radius 2 is 1.32 bits per heavy atom. The van der Waals surface area contributed by atoms with Gasteiger partial charge in [-0.15, -0.1) is 0 Å². The second kappa shape index (κ2) is 9.02. The van der Waals surface area contributed by atoms with Crippen LogP contribution in [0.25, 0.3) is 0 Å². The van der Waals surface area contributed by atoms with Crippen molar-refractivity contribution in [3.05, 3.63) is 59.7 Å². The Morgan fingerprint density at radius 1 is 0.800 bits per heavy atom. The topological polar surface area (TPSA) is 36.9 Å². The largest absolute Gasteiger partial charge is 0.493 e. The number of hydrogen-bond donors (Lipinski definition) is 0. The molecular formula is C21H26O4. The van der Waals surface area contributed by atoms with Gasteiger partial charge >= 0.3 is 0 Å². The monoisotopic (exact) mass is 342 g/mol. The minimum absolute atomic E-state index is 0.0786. The van der Waals surface area contributed by atoms with Gasteiger partial charge in [-0.3, -0.25) is 0 Å². The predicted octanol–water partition coefficient (Wildman–Crippen LogP) is 4.82. The van der Waals surface area contributed by atoms with E-state index in [0.29, 0.717) is 12.4 Å². The number of ether oxygens (including phenoxy) is 4. The average Bonchev–Trinajstić information content (AvgIpc) is 2.65. The number of rotatable bonds is 8. The van der Waals surface area contributed by atoms with E-state index in [-0.39, 0.29) is 5.92 Å². The Labute approximate surface area is 150 Å². The number of methoxy groups -OCH3 is 3. The van der Waals surface area contributed by atoms with Gasteiger partial charge in [-0.2, -0.15) is 0 Å². The van der Waals surface area contributed by atoms with E-state index in [1.807, 2.05) is 44.2 Å². The van der Waals surface area contributed by atoms with E-state index in [2.05, 4.69) is 18.2 Å². The van der Waals surface area contributed by atoms with Crippen LogP contribution in [0.1, 0.15) is 30.9 Å². The maximum Gasteiger partial charge on any atom is 0.161 e. The highest BCUT2D eigenvalue weighted by atomic mass is 16.5. The second-order valence-electron chi connectivity index (χ2n) is 5.46. The van der Waals surface area contributed by atoms with Crippen LogP contribution < -0.4 is 18.9 Å². The lowest BCUT2D eigenvalue weighted by Crippen LogP contribution is -2.02. The summed E-state index contributed by atoms with van der Waals surface area (Å²) < 4.78 is 21.9. The van der Waals surface area contributed by atoms with Crippen molar-refractivity contribution in [1.29, 1.82) is 0 Å². The predicted molar refractivity (Wildman–Crippen MR) is 100 cm³/mol. The highest BCUT2D eigenvalue weighted by Gasteiger charge is 2.16. The molecule has 0 fully saturated rings. The van der Waals surface area contributed by atoms with Crippen molar-refractivity contribution < 1.29 is 18.9 Å². The Hall–Kier alpha value is -2.62. The van der Waals surface area contributed by atoms with E-state index in [9.17, 15) is 0 Å². The number of hydrogen-bond acceptors (Lipinski definition) is 4. The summed E-state index contributed by atoms with van der Waals surface area (Å²) in [6, 6.07) is 12.0. The molecule has 0 saturated heterocycles. The minimum Gasteiger partial charge on any atom is -0.493 e. The molecule has 2 aromatic carbocycles. The minimum atomic E-state index is 0.0786. The molecule has 2 aromatic rings. The summed E-state index contributed by atoms with van der Waals surface area (Å²) in [7, 11) is 4.93. The third kappa shape index (κ3) is 4.27. The Kier molecular flexibility index (Phi) is 6.75. The number of benzene rings is 2. The van der Waals surface area contributed by atoms with E-state index in [1.165, 1.54) is 0 Å². The molecule has 2 rings (SSSR count). The first-order valence-electron chi connectivity index (χ1n) is 8.33. The van der Waals surface area contributed by atoms with Crippen LogP contribution in [-0.4, -0.2) is 27.9 Å². The zero-order valence-electron chi connectivity index (χ0n) is 15.5. The molecule has 0 aliphatic rings. The summed E-state index contributed by atoms with van der Waals surface area (Å²) >= 11 is 0. The first-order chi connectivity index (χ1) is 12.2. The molecule has 0 bridgehead atoms. The number of allylic oxidation sites excluding steroid dienone is 2. The van der Waals surface area contributed by atoms with Crippen LogP contribution in [0.5, 0.6) is 23.0 Å². The van der Waals surface area contributed by atoms with Gasteiger partial charge in [0.2, 0.25) is 0 Å². The Bertz CT molecular complexity index is 722. The van der Waals surface area contributed by atoms with Crippen LogP contribution in [0.15, 0.2) is 48.6 Å². The fraction of sp³-hybridized carbons (Fsp3) is 0.333. The lowest BCUT2D eigenvalue weighted by Gasteiger charge is -2.18. The zero-order chi connectivity index (χ0) is 18.2. The van der Waals surface area contributed by atoms with Gasteiger partial charge in [-0.05, 0) is 49.2 Å². The molecule has 25 heavy (non-hydrogen) atoms. The van der Waals surface area contributed by atoms with Crippen molar-refractivity contribution in [1.82, 2.24) is 0 Å². The molecule has 0 radical (unpaired) electrons. The smallest absolute Gasteiger partial charge is 0.161 e. The molecule has 0 N–H and O–H groups in total. The molecular weight excluding hydrogens is 316 g/mol. The van der Waals surface area contributed by atoms with E-state index in [4.69, 9.17) is 18.9 Å². The molecule has 0 aliphatic heterocycles. The summed E-state index contributed by atoms with van der Waals surface area (Å²) in [4.78, 5) is 0. The molecule has 0 spiro atoms. The fourth-order valence-corrected chi connectivity index (χ4v) is 2.81. The first-order valence-corrected chi connectivity index (χ1v) is 8.33. The molecule has 0 saturated carbocycles. The summed E-state index contributed by atoms with van der Waals surface area (Å²) in [6.45, 7) is 4.56. The van der Waals surface area contributed by atoms with Crippen molar-refractivity contribution in [2.45, 2.75) is 19.8 Å². The normalized spacial score (nSPS) is 12.0. The summed E-state index contributed by atoms with van der Waals surface area (Å²) in [5.41, 5.74) is 2.23. The quantitative estimate of drug-likeness (QED) is 0.645. The lowest BCUT2D eigenvalue weighted by molar-refractivity contribution is 0.310. The molecule has 0 aliphatic carbocycles. The lowest BCUT2D eigenvalue weighted by atomic mass is 9.90. The van der Waals surface area contributed by atoms with Gasteiger partial charge in [-0.25, -0.2) is 0 Å². The van der Waals surface area contributed by atoms with Crippen LogP contribution in [0.3, 0.4) is 0 Å². The van der Waals surface area contributed by atoms with E-state index in [1.54, 1.807) is 21.3 Å². The van der Waals surface area contributed by atoms with Crippen molar-refractivity contribution in [2.75, 3.05) is 27.9 Å². The third-order valence-electron chi connectivity index (χ3n) is 4.00. The zero-order valence-corrected chi connectivity index (χ0v) is 15.5. The molecule has 4 nitrogen and oxygen atoms in total. The summed E-state index contributed by atoms with van der Waals surface area (Å²) in [5, 5.41) is 0. The first kappa shape index (κ1) is 18.7. The standard InChI is InChI=1S/C21H26O4/c1-6-8-17(15-9-11-18(22-3)20(13-15)24-5)16-10-12-19(23-4)21(14-16)25-7-2/h6,8-14,17H,7H2,1-5H3. The van der Waals surface area contributed by atoms with E-state index >= 15 is 0 Å². The van der Waals surface area contributed by atoms with E-state index < -0.39 is 0 Å². The van der Waals surface area contributed by atoms with Gasteiger partial charge in [0, 0.05) is 5.92 Å². The third-order valence-corrected chi connectivity index (χ3v) is 4.00. The van der Waals surface area contributed by atoms with Gasteiger partial charge in [-0.1, -0.05) is 24.3 Å². The van der Waals surface area contributed by atoms with Gasteiger partial charge < -0.3 is 18.9 Å². The molecule has 0 amide bonds. The molecule has 1 atom stereocenters. The highest BCUT2D eigenvalue weighted by Crippen LogP contribution is 2.37. The molecule has 4 heteroatoms. The maximum absolute atomic E-state index is 5.72. The van der Waals surface area contributed by atoms with Crippen LogP contribution in [0.2, 0.25) is 0 Å². The molecule has 0 aromatic heterocycles. The maximum atomic E-state index is 5.72. The Balaban J connectivity index is 2.49. The molecule has 0 heterocycles.